The number of nitrogens with zero attached hydrogens (tertiary/aromatic N) is 2. The molecular formula is C20H20Cl2N2O2. The number of benzene rings is 2. The number of hydrogen-bond acceptors (Lipinski definition) is 3. The van der Waals surface area contributed by atoms with Crippen LogP contribution in [0.2, 0.25) is 10.0 Å². The summed E-state index contributed by atoms with van der Waals surface area (Å²) in [6, 6.07) is 13.2. The molecule has 0 unspecified atom stereocenters. The van der Waals surface area contributed by atoms with E-state index in [-0.39, 0.29) is 5.91 Å². The summed E-state index contributed by atoms with van der Waals surface area (Å²) < 4.78 is 5.42. The van der Waals surface area contributed by atoms with Crippen LogP contribution >= 0.6 is 23.2 Å². The normalized spacial score (nSPS) is 14.7. The lowest BCUT2D eigenvalue weighted by atomic mass is 10.2. The second-order valence-corrected chi connectivity index (χ2v) is 6.81. The Morgan fingerprint density at radius 1 is 1.04 bits per heavy atom. The average Bonchev–Trinajstić information content (AvgIpc) is 2.68. The monoisotopic (exact) mass is 390 g/mol. The zero-order chi connectivity index (χ0) is 18.5. The van der Waals surface area contributed by atoms with Gasteiger partial charge in [-0.1, -0.05) is 41.4 Å². The summed E-state index contributed by atoms with van der Waals surface area (Å²) >= 11 is 11.9. The molecule has 6 heteroatoms. The minimum atomic E-state index is -0.00394. The summed E-state index contributed by atoms with van der Waals surface area (Å²) in [6.45, 7) is 2.88. The molecule has 1 aliphatic rings. The third-order valence-electron chi connectivity index (χ3n) is 4.38. The molecule has 0 bridgehead atoms. The first kappa shape index (κ1) is 18.6. The molecular weight excluding hydrogens is 371 g/mol. The minimum absolute atomic E-state index is 0.00394. The molecule has 1 fully saturated rings. The van der Waals surface area contributed by atoms with Crippen molar-refractivity contribution in [3.05, 3.63) is 64.1 Å². The van der Waals surface area contributed by atoms with Gasteiger partial charge in [0, 0.05) is 32.3 Å². The minimum Gasteiger partial charge on any atom is -0.495 e. The zero-order valence-corrected chi connectivity index (χ0v) is 16.0. The number of carbonyl (C=O) groups is 1. The van der Waals surface area contributed by atoms with Crippen molar-refractivity contribution in [2.24, 2.45) is 0 Å². The van der Waals surface area contributed by atoms with Crippen LogP contribution in [-0.4, -0.2) is 44.1 Å². The highest BCUT2D eigenvalue weighted by Gasteiger charge is 2.21. The Bertz CT molecular complexity index is 815. The fourth-order valence-electron chi connectivity index (χ4n) is 2.95. The van der Waals surface area contributed by atoms with Crippen LogP contribution < -0.4 is 9.64 Å². The summed E-state index contributed by atoms with van der Waals surface area (Å²) in [6.07, 6.45) is 3.34. The van der Waals surface area contributed by atoms with Crippen LogP contribution in [0.3, 0.4) is 0 Å². The Kier molecular flexibility index (Phi) is 6.07. The Labute approximate surface area is 163 Å². The molecule has 1 aliphatic heterocycles. The molecule has 2 aromatic carbocycles. The number of rotatable bonds is 4. The number of hydrogen-bond donors (Lipinski definition) is 0. The first-order valence-electron chi connectivity index (χ1n) is 8.38. The number of ether oxygens (including phenoxy) is 1. The summed E-state index contributed by atoms with van der Waals surface area (Å²) in [7, 11) is 1.67. The fraction of sp³-hybridized carbons (Fsp3) is 0.250. The lowest BCUT2D eigenvalue weighted by Gasteiger charge is -2.36. The Morgan fingerprint density at radius 2 is 1.77 bits per heavy atom. The van der Waals surface area contributed by atoms with Gasteiger partial charge < -0.3 is 14.5 Å². The molecule has 1 heterocycles. The molecule has 0 aromatic heterocycles. The summed E-state index contributed by atoms with van der Waals surface area (Å²) in [4.78, 5) is 16.5. The fourth-order valence-corrected chi connectivity index (χ4v) is 3.25. The van der Waals surface area contributed by atoms with Crippen LogP contribution in [0.5, 0.6) is 5.75 Å². The first-order chi connectivity index (χ1) is 12.6. The van der Waals surface area contributed by atoms with E-state index in [1.807, 2.05) is 35.2 Å². The van der Waals surface area contributed by atoms with Crippen LogP contribution in [0.4, 0.5) is 5.69 Å². The van der Waals surface area contributed by atoms with Crippen LogP contribution in [-0.2, 0) is 4.79 Å². The van der Waals surface area contributed by atoms with Gasteiger partial charge in [0.05, 0.1) is 22.8 Å². The molecule has 1 amide bonds. The number of carbonyl (C=O) groups excluding carboxylic acids is 1. The van der Waals surface area contributed by atoms with Gasteiger partial charge in [-0.15, -0.1) is 0 Å². The van der Waals surface area contributed by atoms with Gasteiger partial charge in [-0.25, -0.2) is 0 Å². The molecule has 136 valence electrons. The van der Waals surface area contributed by atoms with Gasteiger partial charge in [0.2, 0.25) is 5.91 Å². The molecule has 3 rings (SSSR count). The number of methoxy groups -OCH3 is 1. The second-order valence-electron chi connectivity index (χ2n) is 5.99. The molecule has 0 N–H and O–H groups in total. The highest BCUT2D eigenvalue weighted by molar-refractivity contribution is 6.42. The van der Waals surface area contributed by atoms with Crippen molar-refractivity contribution < 1.29 is 9.53 Å². The van der Waals surface area contributed by atoms with Crippen LogP contribution in [0.15, 0.2) is 48.5 Å². The quantitative estimate of drug-likeness (QED) is 0.726. The Morgan fingerprint density at radius 3 is 2.46 bits per heavy atom. The van der Waals surface area contributed by atoms with Crippen molar-refractivity contribution in [1.82, 2.24) is 4.90 Å². The van der Waals surface area contributed by atoms with Gasteiger partial charge in [0.15, 0.2) is 0 Å². The molecule has 0 saturated carbocycles. The van der Waals surface area contributed by atoms with E-state index in [2.05, 4.69) is 4.90 Å². The zero-order valence-electron chi connectivity index (χ0n) is 14.5. The summed E-state index contributed by atoms with van der Waals surface area (Å²) in [5.41, 5.74) is 1.91. The number of amides is 1. The summed E-state index contributed by atoms with van der Waals surface area (Å²) in [5, 5.41) is 0.981. The molecule has 26 heavy (non-hydrogen) atoms. The summed E-state index contributed by atoms with van der Waals surface area (Å²) in [5.74, 6) is 0.850. The molecule has 1 saturated heterocycles. The number of anilines is 1. The Hall–Kier alpha value is -2.17. The highest BCUT2D eigenvalue weighted by atomic mass is 35.5. The van der Waals surface area contributed by atoms with Gasteiger partial charge in [-0.05, 0) is 35.9 Å². The molecule has 0 atom stereocenters. The molecule has 4 nitrogen and oxygen atoms in total. The van der Waals surface area contributed by atoms with Crippen molar-refractivity contribution in [2.75, 3.05) is 38.2 Å². The lowest BCUT2D eigenvalue weighted by Crippen LogP contribution is -2.48. The van der Waals surface area contributed by atoms with Gasteiger partial charge in [0.25, 0.3) is 0 Å². The van der Waals surface area contributed by atoms with Crippen molar-refractivity contribution in [2.45, 2.75) is 0 Å². The first-order valence-corrected chi connectivity index (χ1v) is 9.14. The van der Waals surface area contributed by atoms with E-state index in [9.17, 15) is 4.79 Å². The third-order valence-corrected chi connectivity index (χ3v) is 5.12. The van der Waals surface area contributed by atoms with E-state index in [4.69, 9.17) is 27.9 Å². The van der Waals surface area contributed by atoms with E-state index in [0.717, 1.165) is 30.1 Å². The predicted molar refractivity (Wildman–Crippen MR) is 107 cm³/mol. The third kappa shape index (κ3) is 4.32. The van der Waals surface area contributed by atoms with E-state index in [1.54, 1.807) is 31.4 Å². The Balaban J connectivity index is 1.59. The maximum Gasteiger partial charge on any atom is 0.246 e. The van der Waals surface area contributed by atoms with Gasteiger partial charge in [-0.2, -0.15) is 0 Å². The average molecular weight is 391 g/mol. The molecule has 0 radical (unpaired) electrons. The second kappa shape index (κ2) is 8.47. The van der Waals surface area contributed by atoms with E-state index in [0.29, 0.717) is 23.1 Å². The van der Waals surface area contributed by atoms with E-state index in [1.165, 1.54) is 0 Å². The van der Waals surface area contributed by atoms with Crippen molar-refractivity contribution in [3.63, 3.8) is 0 Å². The number of para-hydroxylation sites is 2. The standard InChI is InChI=1S/C20H20Cl2N2O2/c1-26-19-5-3-2-4-18(19)23-10-12-24(13-11-23)20(25)9-7-15-6-8-16(21)17(22)14-15/h2-9,14H,10-13H2,1H3/b9-7-. The maximum atomic E-state index is 12.4. The van der Waals surface area contributed by atoms with Gasteiger partial charge in [0.1, 0.15) is 5.75 Å². The largest absolute Gasteiger partial charge is 0.495 e. The highest BCUT2D eigenvalue weighted by Crippen LogP contribution is 2.28. The van der Waals surface area contributed by atoms with Crippen LogP contribution in [0.25, 0.3) is 6.08 Å². The van der Waals surface area contributed by atoms with Crippen LogP contribution in [0, 0.1) is 0 Å². The maximum absolute atomic E-state index is 12.4. The number of halogens is 2. The molecule has 0 aliphatic carbocycles. The topological polar surface area (TPSA) is 32.8 Å². The van der Waals surface area contributed by atoms with Crippen molar-refractivity contribution >= 4 is 40.9 Å². The van der Waals surface area contributed by atoms with E-state index >= 15 is 0 Å². The number of piperazine rings is 1. The van der Waals surface area contributed by atoms with Crippen LogP contribution in [0.1, 0.15) is 5.56 Å². The van der Waals surface area contributed by atoms with Crippen molar-refractivity contribution in [3.8, 4) is 5.75 Å². The van der Waals surface area contributed by atoms with E-state index < -0.39 is 0 Å². The predicted octanol–water partition coefficient (Wildman–Crippen LogP) is 4.36. The lowest BCUT2D eigenvalue weighted by molar-refractivity contribution is -0.126. The van der Waals surface area contributed by atoms with Gasteiger partial charge in [-0.3, -0.25) is 4.79 Å². The van der Waals surface area contributed by atoms with Crippen molar-refractivity contribution in [1.29, 1.82) is 0 Å². The molecule has 0 spiro atoms. The SMILES string of the molecule is COc1ccccc1N1CCN(C(=O)/C=C\c2ccc(Cl)c(Cl)c2)CC1. The smallest absolute Gasteiger partial charge is 0.246 e. The van der Waals surface area contributed by atoms with Gasteiger partial charge >= 0.3 is 0 Å². The molecule has 2 aromatic rings.